The highest BCUT2D eigenvalue weighted by Crippen LogP contribution is 2.32. The Morgan fingerprint density at radius 1 is 0.950 bits per heavy atom. The molecule has 0 spiro atoms. The normalized spacial score (nSPS) is 9.50. The molecule has 0 radical (unpaired) electrons. The molecule has 4 nitrogen and oxygen atoms in total. The van der Waals surface area contributed by atoms with Crippen LogP contribution in [-0.2, 0) is 6.42 Å². The molecular formula is C16H19NO3. The van der Waals surface area contributed by atoms with Crippen LogP contribution in [0.2, 0.25) is 0 Å². The smallest absolute Gasteiger partial charge is 0.132 e. The van der Waals surface area contributed by atoms with E-state index in [0.29, 0.717) is 6.42 Å². The molecule has 0 bridgehead atoms. The molecule has 0 heterocycles. The zero-order valence-corrected chi connectivity index (χ0v) is 11.6. The second-order valence-electron chi connectivity index (χ2n) is 4.00. The van der Waals surface area contributed by atoms with Crippen molar-refractivity contribution in [1.29, 1.82) is 5.41 Å². The summed E-state index contributed by atoms with van der Waals surface area (Å²) in [6, 6.07) is 11.5. The van der Waals surface area contributed by atoms with Gasteiger partial charge in [0, 0.05) is 18.6 Å². The molecule has 0 amide bonds. The molecule has 4 heteroatoms. The van der Waals surface area contributed by atoms with Crippen molar-refractivity contribution < 1.29 is 15.3 Å². The lowest BCUT2D eigenvalue weighted by Crippen LogP contribution is -2.04. The molecule has 2 aromatic carbocycles. The number of hydrogen-bond donors (Lipinski definition) is 4. The summed E-state index contributed by atoms with van der Waals surface area (Å²) in [5.41, 5.74) is 1.06. The third kappa shape index (κ3) is 3.75. The average Bonchev–Trinajstić information content (AvgIpc) is 2.41. The highest BCUT2D eigenvalue weighted by atomic mass is 16.3. The van der Waals surface area contributed by atoms with E-state index in [9.17, 15) is 15.3 Å². The average molecular weight is 273 g/mol. The minimum absolute atomic E-state index is 0.0525. The van der Waals surface area contributed by atoms with Crippen LogP contribution in [0.3, 0.4) is 0 Å². The summed E-state index contributed by atoms with van der Waals surface area (Å²) in [6.07, 6.45) is 0.298. The van der Waals surface area contributed by atoms with E-state index in [0.717, 1.165) is 17.7 Å². The lowest BCUT2D eigenvalue weighted by Gasteiger charge is -2.09. The van der Waals surface area contributed by atoms with Crippen molar-refractivity contribution in [3.8, 4) is 17.2 Å². The third-order valence-electron chi connectivity index (χ3n) is 2.61. The standard InChI is InChI=1S/C14H13NO3.C2H6/c15-11(6-9-4-2-1-3-5-9)14-12(17)7-10(16)8-13(14)18;1-2/h1-5,7-8,15-18H,6H2;1-2H3. The largest absolute Gasteiger partial charge is 0.508 e. The Morgan fingerprint density at radius 2 is 1.45 bits per heavy atom. The van der Waals surface area contributed by atoms with Crippen molar-refractivity contribution in [1.82, 2.24) is 0 Å². The van der Waals surface area contributed by atoms with Crippen molar-refractivity contribution in [3.05, 3.63) is 53.6 Å². The molecule has 0 saturated heterocycles. The lowest BCUT2D eigenvalue weighted by molar-refractivity contribution is 0.426. The molecular weight excluding hydrogens is 254 g/mol. The molecule has 4 N–H and O–H groups in total. The van der Waals surface area contributed by atoms with Crippen molar-refractivity contribution in [3.63, 3.8) is 0 Å². The summed E-state index contributed by atoms with van der Waals surface area (Å²) in [6.45, 7) is 4.00. The van der Waals surface area contributed by atoms with Crippen LogP contribution in [0, 0.1) is 5.41 Å². The molecule has 0 saturated carbocycles. The van der Waals surface area contributed by atoms with E-state index in [4.69, 9.17) is 5.41 Å². The van der Waals surface area contributed by atoms with Gasteiger partial charge < -0.3 is 20.7 Å². The number of aromatic hydroxyl groups is 3. The van der Waals surface area contributed by atoms with Crippen LogP contribution >= 0.6 is 0 Å². The minimum atomic E-state index is -0.298. The van der Waals surface area contributed by atoms with E-state index in [1.165, 1.54) is 0 Å². The van der Waals surface area contributed by atoms with Gasteiger partial charge in [-0.05, 0) is 5.56 Å². The van der Waals surface area contributed by atoms with E-state index in [1.54, 1.807) is 0 Å². The van der Waals surface area contributed by atoms with E-state index in [1.807, 2.05) is 44.2 Å². The Balaban J connectivity index is 0.000000956. The van der Waals surface area contributed by atoms with E-state index in [-0.39, 0.29) is 28.5 Å². The Bertz CT molecular complexity index is 557. The molecule has 2 aromatic rings. The molecule has 0 aromatic heterocycles. The second-order valence-corrected chi connectivity index (χ2v) is 4.00. The molecule has 0 unspecified atom stereocenters. The van der Waals surface area contributed by atoms with Gasteiger partial charge in [0.05, 0.1) is 11.3 Å². The van der Waals surface area contributed by atoms with Crippen LogP contribution in [0.5, 0.6) is 17.2 Å². The van der Waals surface area contributed by atoms with Gasteiger partial charge in [-0.2, -0.15) is 0 Å². The van der Waals surface area contributed by atoms with Gasteiger partial charge in [-0.3, -0.25) is 0 Å². The first-order valence-corrected chi connectivity index (χ1v) is 6.44. The number of phenolic OH excluding ortho intramolecular Hbond substituents is 3. The fraction of sp³-hybridized carbons (Fsp3) is 0.188. The first kappa shape index (κ1) is 15.6. The second kappa shape index (κ2) is 7.19. The zero-order valence-electron chi connectivity index (χ0n) is 11.6. The Labute approximate surface area is 118 Å². The van der Waals surface area contributed by atoms with Gasteiger partial charge in [-0.15, -0.1) is 0 Å². The van der Waals surface area contributed by atoms with Crippen LogP contribution in [-0.4, -0.2) is 21.0 Å². The van der Waals surface area contributed by atoms with Crippen LogP contribution in [0.15, 0.2) is 42.5 Å². The Hall–Kier alpha value is -2.49. The maximum absolute atomic E-state index is 9.66. The van der Waals surface area contributed by atoms with Crippen molar-refractivity contribution in [2.24, 2.45) is 0 Å². The first-order chi connectivity index (χ1) is 9.58. The van der Waals surface area contributed by atoms with Crippen molar-refractivity contribution >= 4 is 5.71 Å². The van der Waals surface area contributed by atoms with E-state index >= 15 is 0 Å². The lowest BCUT2D eigenvalue weighted by atomic mass is 10.0. The first-order valence-electron chi connectivity index (χ1n) is 6.44. The summed E-state index contributed by atoms with van der Waals surface area (Å²) < 4.78 is 0. The predicted octanol–water partition coefficient (Wildman–Crippen LogP) is 3.44. The zero-order chi connectivity index (χ0) is 15.1. The van der Waals surface area contributed by atoms with Crippen LogP contribution in [0.4, 0.5) is 0 Å². The highest BCUT2D eigenvalue weighted by molar-refractivity contribution is 6.04. The third-order valence-corrected chi connectivity index (χ3v) is 2.61. The summed E-state index contributed by atoms with van der Waals surface area (Å²) in [7, 11) is 0. The summed E-state index contributed by atoms with van der Waals surface area (Å²) in [4.78, 5) is 0. The number of phenols is 3. The van der Waals surface area contributed by atoms with Gasteiger partial charge in [-0.25, -0.2) is 0 Å². The van der Waals surface area contributed by atoms with Crippen LogP contribution in [0.25, 0.3) is 0 Å². The molecule has 0 aliphatic heterocycles. The molecule has 0 aliphatic carbocycles. The highest BCUT2D eigenvalue weighted by Gasteiger charge is 2.14. The maximum Gasteiger partial charge on any atom is 0.132 e. The maximum atomic E-state index is 9.66. The molecule has 2 rings (SSSR count). The number of nitrogens with one attached hydrogen (secondary N) is 1. The number of rotatable bonds is 3. The summed E-state index contributed by atoms with van der Waals surface area (Å²) >= 11 is 0. The number of hydrogen-bond acceptors (Lipinski definition) is 4. The van der Waals surface area contributed by atoms with Crippen LogP contribution < -0.4 is 0 Å². The van der Waals surface area contributed by atoms with Gasteiger partial charge in [-0.1, -0.05) is 44.2 Å². The monoisotopic (exact) mass is 273 g/mol. The van der Waals surface area contributed by atoms with Gasteiger partial charge in [0.25, 0.3) is 0 Å². The Kier molecular flexibility index (Phi) is 5.59. The number of benzene rings is 2. The molecule has 0 aliphatic rings. The van der Waals surface area contributed by atoms with Gasteiger partial charge >= 0.3 is 0 Å². The minimum Gasteiger partial charge on any atom is -0.508 e. The van der Waals surface area contributed by atoms with E-state index < -0.39 is 0 Å². The quantitative estimate of drug-likeness (QED) is 0.646. The van der Waals surface area contributed by atoms with Crippen molar-refractivity contribution in [2.45, 2.75) is 20.3 Å². The summed E-state index contributed by atoms with van der Waals surface area (Å²) in [5.74, 6) is -0.830. The van der Waals surface area contributed by atoms with Crippen LogP contribution in [0.1, 0.15) is 25.0 Å². The SMILES string of the molecule is CC.N=C(Cc1ccccc1)c1c(O)cc(O)cc1O. The summed E-state index contributed by atoms with van der Waals surface area (Å²) in [5, 5.41) is 36.4. The van der Waals surface area contributed by atoms with E-state index in [2.05, 4.69) is 0 Å². The van der Waals surface area contributed by atoms with Gasteiger partial charge in [0.2, 0.25) is 0 Å². The molecule has 0 fully saturated rings. The molecule has 106 valence electrons. The predicted molar refractivity (Wildman–Crippen MR) is 79.8 cm³/mol. The van der Waals surface area contributed by atoms with Crippen molar-refractivity contribution in [2.75, 3.05) is 0 Å². The molecule has 0 atom stereocenters. The topological polar surface area (TPSA) is 84.5 Å². The Morgan fingerprint density at radius 3 is 1.95 bits per heavy atom. The fourth-order valence-electron chi connectivity index (χ4n) is 1.79. The van der Waals surface area contributed by atoms with Gasteiger partial charge in [0.1, 0.15) is 17.2 Å². The molecule has 20 heavy (non-hydrogen) atoms. The van der Waals surface area contributed by atoms with Gasteiger partial charge in [0.15, 0.2) is 0 Å². The fourth-order valence-corrected chi connectivity index (χ4v) is 1.79.